The van der Waals surface area contributed by atoms with Gasteiger partial charge in [-0.3, -0.25) is 4.90 Å². The maximum absolute atomic E-state index is 12.5. The SMILES string of the molecule is COc1ccc2c(c1)C1(CC1)CN(C(=O)OC(C)(C)C)C2N. The molecule has 1 aromatic rings. The normalized spacial score (nSPS) is 22.2. The Balaban J connectivity index is 1.93. The zero-order valence-corrected chi connectivity index (χ0v) is 13.7. The Labute approximate surface area is 131 Å². The first-order valence-electron chi connectivity index (χ1n) is 7.69. The molecular weight excluding hydrogens is 280 g/mol. The summed E-state index contributed by atoms with van der Waals surface area (Å²) < 4.78 is 10.8. The highest BCUT2D eigenvalue weighted by molar-refractivity contribution is 5.70. The quantitative estimate of drug-likeness (QED) is 0.866. The summed E-state index contributed by atoms with van der Waals surface area (Å²) in [5, 5.41) is 0. The van der Waals surface area contributed by atoms with Crippen LogP contribution in [-0.4, -0.2) is 30.2 Å². The predicted molar refractivity (Wildman–Crippen MR) is 83.8 cm³/mol. The zero-order valence-electron chi connectivity index (χ0n) is 13.7. The standard InChI is InChI=1S/C17H24N2O3/c1-16(2,3)22-15(20)19-10-17(7-8-17)13-9-11(21-4)5-6-12(13)14(19)18/h5-6,9,14H,7-8,10,18H2,1-4H3. The number of fused-ring (bicyclic) bond motifs is 2. The molecule has 1 aliphatic heterocycles. The van der Waals surface area contributed by atoms with E-state index in [1.807, 2.05) is 32.9 Å². The number of carbonyl (C=O) groups is 1. The fraction of sp³-hybridized carbons (Fsp3) is 0.588. The molecule has 1 fully saturated rings. The molecule has 1 saturated carbocycles. The fourth-order valence-corrected chi connectivity index (χ4v) is 3.13. The Morgan fingerprint density at radius 2 is 2.05 bits per heavy atom. The number of hydrogen-bond acceptors (Lipinski definition) is 4. The Hall–Kier alpha value is -1.75. The van der Waals surface area contributed by atoms with Crippen molar-refractivity contribution in [2.45, 2.75) is 50.8 Å². The lowest BCUT2D eigenvalue weighted by Gasteiger charge is -2.40. The van der Waals surface area contributed by atoms with Crippen LogP contribution in [0.4, 0.5) is 4.79 Å². The van der Waals surface area contributed by atoms with E-state index in [-0.39, 0.29) is 11.5 Å². The van der Waals surface area contributed by atoms with Gasteiger partial charge in [0.05, 0.1) is 7.11 Å². The Morgan fingerprint density at radius 1 is 1.36 bits per heavy atom. The Morgan fingerprint density at radius 3 is 2.59 bits per heavy atom. The van der Waals surface area contributed by atoms with E-state index in [4.69, 9.17) is 15.2 Å². The minimum Gasteiger partial charge on any atom is -0.497 e. The molecule has 0 saturated heterocycles. The van der Waals surface area contributed by atoms with Gasteiger partial charge in [-0.2, -0.15) is 0 Å². The lowest BCUT2D eigenvalue weighted by atomic mass is 9.85. The summed E-state index contributed by atoms with van der Waals surface area (Å²) in [5.41, 5.74) is 8.06. The van der Waals surface area contributed by atoms with E-state index in [2.05, 4.69) is 6.07 Å². The van der Waals surface area contributed by atoms with Crippen molar-refractivity contribution in [1.82, 2.24) is 4.90 Å². The Bertz CT molecular complexity index is 602. The number of nitrogens with two attached hydrogens (primary N) is 1. The molecule has 5 nitrogen and oxygen atoms in total. The minimum atomic E-state index is -0.520. The number of ether oxygens (including phenoxy) is 2. The van der Waals surface area contributed by atoms with Crippen molar-refractivity contribution in [3.63, 3.8) is 0 Å². The predicted octanol–water partition coefficient (Wildman–Crippen LogP) is 2.93. The summed E-state index contributed by atoms with van der Waals surface area (Å²) >= 11 is 0. The largest absolute Gasteiger partial charge is 0.497 e. The van der Waals surface area contributed by atoms with Crippen molar-refractivity contribution in [3.05, 3.63) is 29.3 Å². The highest BCUT2D eigenvalue weighted by Gasteiger charge is 2.52. The third-order valence-corrected chi connectivity index (χ3v) is 4.44. The smallest absolute Gasteiger partial charge is 0.411 e. The zero-order chi connectivity index (χ0) is 16.1. The van der Waals surface area contributed by atoms with E-state index in [0.717, 1.165) is 24.2 Å². The molecule has 0 radical (unpaired) electrons. The van der Waals surface area contributed by atoms with Crippen LogP contribution in [0.2, 0.25) is 0 Å². The lowest BCUT2D eigenvalue weighted by molar-refractivity contribution is 0.0114. The molecule has 0 aromatic heterocycles. The molecule has 1 heterocycles. The van der Waals surface area contributed by atoms with Gasteiger partial charge in [0.15, 0.2) is 0 Å². The van der Waals surface area contributed by atoms with Crippen LogP contribution >= 0.6 is 0 Å². The summed E-state index contributed by atoms with van der Waals surface area (Å²) in [6.45, 7) is 6.22. The van der Waals surface area contributed by atoms with Crippen molar-refractivity contribution < 1.29 is 14.3 Å². The summed E-state index contributed by atoms with van der Waals surface area (Å²) in [4.78, 5) is 14.1. The van der Waals surface area contributed by atoms with Crippen LogP contribution in [0.5, 0.6) is 5.75 Å². The number of rotatable bonds is 1. The third-order valence-electron chi connectivity index (χ3n) is 4.44. The number of methoxy groups -OCH3 is 1. The lowest BCUT2D eigenvalue weighted by Crippen LogP contribution is -2.49. The van der Waals surface area contributed by atoms with Crippen LogP contribution in [0.1, 0.15) is 50.9 Å². The van der Waals surface area contributed by atoms with Crippen LogP contribution < -0.4 is 10.5 Å². The van der Waals surface area contributed by atoms with E-state index >= 15 is 0 Å². The van der Waals surface area contributed by atoms with Crippen molar-refractivity contribution in [2.75, 3.05) is 13.7 Å². The summed E-state index contributed by atoms with van der Waals surface area (Å²) in [6.07, 6.45) is 1.33. The van der Waals surface area contributed by atoms with E-state index < -0.39 is 11.8 Å². The average molecular weight is 304 g/mol. The maximum Gasteiger partial charge on any atom is 0.411 e. The van der Waals surface area contributed by atoms with Crippen LogP contribution in [0.3, 0.4) is 0 Å². The van der Waals surface area contributed by atoms with Gasteiger partial charge in [-0.05, 0) is 56.9 Å². The second-order valence-corrected chi connectivity index (χ2v) is 7.29. The molecule has 1 unspecified atom stereocenters. The molecule has 2 N–H and O–H groups in total. The first kappa shape index (κ1) is 15.2. The van der Waals surface area contributed by atoms with E-state index in [0.29, 0.717) is 6.54 Å². The van der Waals surface area contributed by atoms with Crippen molar-refractivity contribution in [3.8, 4) is 5.75 Å². The molecule has 5 heteroatoms. The summed E-state index contributed by atoms with van der Waals surface area (Å²) in [7, 11) is 1.66. The molecule has 22 heavy (non-hydrogen) atoms. The molecule has 1 amide bonds. The highest BCUT2D eigenvalue weighted by Crippen LogP contribution is 2.54. The molecule has 0 bridgehead atoms. The van der Waals surface area contributed by atoms with Crippen LogP contribution in [0.15, 0.2) is 18.2 Å². The van der Waals surface area contributed by atoms with Gasteiger partial charge in [0.2, 0.25) is 0 Å². The molecule has 3 rings (SSSR count). The first-order chi connectivity index (χ1) is 10.3. The topological polar surface area (TPSA) is 64.8 Å². The fourth-order valence-electron chi connectivity index (χ4n) is 3.13. The molecule has 1 aliphatic carbocycles. The summed E-state index contributed by atoms with van der Waals surface area (Å²) in [5.74, 6) is 0.836. The maximum atomic E-state index is 12.5. The second-order valence-electron chi connectivity index (χ2n) is 7.29. The molecule has 1 spiro atoms. The molecule has 2 aliphatic rings. The van der Waals surface area contributed by atoms with Crippen LogP contribution in [0, 0.1) is 0 Å². The van der Waals surface area contributed by atoms with Gasteiger partial charge in [-0.25, -0.2) is 4.79 Å². The van der Waals surface area contributed by atoms with E-state index in [1.54, 1.807) is 12.0 Å². The van der Waals surface area contributed by atoms with Gasteiger partial charge in [0.25, 0.3) is 0 Å². The van der Waals surface area contributed by atoms with Gasteiger partial charge < -0.3 is 15.2 Å². The highest BCUT2D eigenvalue weighted by atomic mass is 16.6. The number of benzene rings is 1. The Kier molecular flexibility index (Phi) is 3.36. The van der Waals surface area contributed by atoms with Crippen molar-refractivity contribution in [1.29, 1.82) is 0 Å². The number of nitrogens with zero attached hydrogens (tertiary/aromatic N) is 1. The minimum absolute atomic E-state index is 0.0245. The molecular formula is C17H24N2O3. The monoisotopic (exact) mass is 304 g/mol. The van der Waals surface area contributed by atoms with Crippen LogP contribution in [0.25, 0.3) is 0 Å². The molecule has 1 atom stereocenters. The summed E-state index contributed by atoms with van der Waals surface area (Å²) in [6, 6.07) is 5.93. The number of carbonyl (C=O) groups excluding carboxylic acids is 1. The molecule has 1 aromatic carbocycles. The average Bonchev–Trinajstić information content (AvgIpc) is 3.21. The van der Waals surface area contributed by atoms with Crippen molar-refractivity contribution >= 4 is 6.09 Å². The van der Waals surface area contributed by atoms with Crippen molar-refractivity contribution in [2.24, 2.45) is 5.73 Å². The van der Waals surface area contributed by atoms with Gasteiger partial charge >= 0.3 is 6.09 Å². The molecule has 120 valence electrons. The third kappa shape index (κ3) is 2.54. The van der Waals surface area contributed by atoms with Gasteiger partial charge in [-0.1, -0.05) is 6.07 Å². The first-order valence-corrected chi connectivity index (χ1v) is 7.69. The van der Waals surface area contributed by atoms with E-state index in [1.165, 1.54) is 5.56 Å². The van der Waals surface area contributed by atoms with Gasteiger partial charge in [-0.15, -0.1) is 0 Å². The van der Waals surface area contributed by atoms with E-state index in [9.17, 15) is 4.79 Å². The van der Waals surface area contributed by atoms with Gasteiger partial charge in [0.1, 0.15) is 17.5 Å². The number of amides is 1. The number of hydrogen-bond donors (Lipinski definition) is 1. The van der Waals surface area contributed by atoms with Gasteiger partial charge in [0, 0.05) is 12.0 Å². The second kappa shape index (κ2) is 4.88. The van der Waals surface area contributed by atoms with Crippen LogP contribution in [-0.2, 0) is 10.2 Å².